The summed E-state index contributed by atoms with van der Waals surface area (Å²) in [5.41, 5.74) is 6.67. The lowest BCUT2D eigenvalue weighted by molar-refractivity contribution is -0.870. The molecular formula is C21H38N4O6P+. The average Bonchev–Trinajstić information content (AvgIpc) is 2.69. The summed E-state index contributed by atoms with van der Waals surface area (Å²) in [5.74, 6) is -0.654. The summed E-state index contributed by atoms with van der Waals surface area (Å²) in [4.78, 5) is 34.0. The lowest BCUT2D eigenvalue weighted by Crippen LogP contribution is -2.45. The zero-order chi connectivity index (χ0) is 24.2. The number of likely N-dealkylation sites (N-methyl/N-ethyl adjacent to an activating group) is 1. The Bertz CT molecular complexity index is 754. The fourth-order valence-electron chi connectivity index (χ4n) is 2.58. The number of carbonyl (C=O) groups excluding carboxylic acids is 2. The van der Waals surface area contributed by atoms with Crippen LogP contribution < -0.4 is 16.4 Å². The van der Waals surface area contributed by atoms with E-state index in [1.54, 1.807) is 0 Å². The van der Waals surface area contributed by atoms with E-state index in [0.29, 0.717) is 23.9 Å². The Hall–Kier alpha value is -1.81. The smallest absolute Gasteiger partial charge is 0.353 e. The van der Waals surface area contributed by atoms with Gasteiger partial charge in [-0.1, -0.05) is 30.3 Å². The number of carbonyl (C=O) groups is 2. The van der Waals surface area contributed by atoms with Gasteiger partial charge in [0, 0.05) is 19.5 Å². The van der Waals surface area contributed by atoms with E-state index in [2.05, 4.69) is 10.6 Å². The molecule has 182 valence electrons. The Labute approximate surface area is 190 Å². The molecule has 0 aliphatic carbocycles. The topological polar surface area (TPSA) is 140 Å². The summed E-state index contributed by atoms with van der Waals surface area (Å²) in [6, 6.07) is 9.09. The Kier molecular flexibility index (Phi) is 12.1. The Morgan fingerprint density at radius 1 is 1.16 bits per heavy atom. The molecule has 0 aliphatic rings. The maximum absolute atomic E-state index is 12.3. The molecule has 1 aromatic rings. The van der Waals surface area contributed by atoms with Gasteiger partial charge in [-0.15, -0.1) is 0 Å². The van der Waals surface area contributed by atoms with E-state index in [0.717, 1.165) is 12.0 Å². The highest BCUT2D eigenvalue weighted by Crippen LogP contribution is 2.44. The molecule has 0 fully saturated rings. The molecule has 0 aromatic heterocycles. The number of aryl methyl sites for hydroxylation is 1. The number of benzene rings is 1. The lowest BCUT2D eigenvalue weighted by atomic mass is 10.1. The quantitative estimate of drug-likeness (QED) is 0.218. The van der Waals surface area contributed by atoms with Crippen molar-refractivity contribution in [1.82, 2.24) is 10.6 Å². The van der Waals surface area contributed by atoms with Crippen LogP contribution in [0.4, 0.5) is 0 Å². The molecule has 0 radical (unpaired) electrons. The van der Waals surface area contributed by atoms with E-state index in [-0.39, 0.29) is 25.6 Å². The first-order valence-corrected chi connectivity index (χ1v) is 12.2. The van der Waals surface area contributed by atoms with Crippen LogP contribution in [0, 0.1) is 0 Å². The van der Waals surface area contributed by atoms with E-state index >= 15 is 0 Å². The number of nitrogens with zero attached hydrogens (tertiary/aromatic N) is 1. The molecule has 11 heteroatoms. The van der Waals surface area contributed by atoms with E-state index in [9.17, 15) is 19.0 Å². The molecule has 0 spiro atoms. The van der Waals surface area contributed by atoms with Crippen molar-refractivity contribution in [3.05, 3.63) is 35.9 Å². The molecule has 10 nitrogen and oxygen atoms in total. The van der Waals surface area contributed by atoms with Gasteiger partial charge in [-0.05, 0) is 25.3 Å². The largest absolute Gasteiger partial charge is 0.472 e. The summed E-state index contributed by atoms with van der Waals surface area (Å²) in [6.45, 7) is 1.87. The zero-order valence-electron chi connectivity index (χ0n) is 19.5. The van der Waals surface area contributed by atoms with E-state index in [4.69, 9.17) is 14.8 Å². The molecule has 2 unspecified atom stereocenters. The zero-order valence-corrected chi connectivity index (χ0v) is 20.3. The fourth-order valence-corrected chi connectivity index (χ4v) is 3.48. The molecule has 1 rings (SSSR count). The van der Waals surface area contributed by atoms with Crippen LogP contribution in [0.2, 0.25) is 0 Å². The Balaban J connectivity index is 2.55. The summed E-state index contributed by atoms with van der Waals surface area (Å²) in [7, 11) is 1.38. The molecule has 0 aliphatic heterocycles. The molecule has 0 saturated carbocycles. The minimum atomic E-state index is -4.38. The molecule has 1 aromatic carbocycles. The van der Waals surface area contributed by atoms with Crippen molar-refractivity contribution in [1.29, 1.82) is 0 Å². The maximum Gasteiger partial charge on any atom is 0.472 e. The molecule has 2 amide bonds. The number of hydrogen-bond acceptors (Lipinski definition) is 6. The van der Waals surface area contributed by atoms with Crippen LogP contribution in [0.3, 0.4) is 0 Å². The van der Waals surface area contributed by atoms with Crippen LogP contribution in [-0.4, -0.2) is 80.7 Å². The van der Waals surface area contributed by atoms with Gasteiger partial charge in [-0.2, -0.15) is 0 Å². The standard InChI is InChI=1S/C21H37N4O6P/c1-17(22)21(27)24-16-19(31-32(28,29)30-14-13-25(2,3)4)15-23-20(26)12-8-11-18-9-6-5-7-10-18/h5-7,9-10,17,19H,8,11-16,22H2,1-4H3,(H2-,23,24,26,27,28,29)/p+1/t17-,19?/m1/s1. The number of hydrogen-bond donors (Lipinski definition) is 4. The third-order valence-electron chi connectivity index (χ3n) is 4.46. The molecule has 0 bridgehead atoms. The SMILES string of the molecule is C[C@@H](N)C(=O)NCC(CNC(=O)CCCc1ccccc1)OP(=O)(O)OCC[N+](C)(C)C. The van der Waals surface area contributed by atoms with Gasteiger partial charge in [0.05, 0.1) is 27.2 Å². The predicted molar refractivity (Wildman–Crippen MR) is 123 cm³/mol. The molecule has 5 N–H and O–H groups in total. The number of rotatable bonds is 15. The van der Waals surface area contributed by atoms with Gasteiger partial charge >= 0.3 is 7.82 Å². The normalized spacial score (nSPS) is 15.4. The first kappa shape index (κ1) is 28.2. The number of nitrogens with one attached hydrogen (secondary N) is 2. The van der Waals surface area contributed by atoms with Crippen LogP contribution in [0.15, 0.2) is 30.3 Å². The minimum Gasteiger partial charge on any atom is -0.353 e. The minimum absolute atomic E-state index is 0.0159. The number of nitrogens with two attached hydrogens (primary N) is 1. The van der Waals surface area contributed by atoms with Crippen LogP contribution in [0.25, 0.3) is 0 Å². The second-order valence-corrected chi connectivity index (χ2v) is 10.1. The molecular weight excluding hydrogens is 435 g/mol. The van der Waals surface area contributed by atoms with Gasteiger partial charge < -0.3 is 25.7 Å². The van der Waals surface area contributed by atoms with Gasteiger partial charge in [-0.25, -0.2) is 4.57 Å². The van der Waals surface area contributed by atoms with Crippen molar-refractivity contribution in [3.63, 3.8) is 0 Å². The fraction of sp³-hybridized carbons (Fsp3) is 0.619. The van der Waals surface area contributed by atoms with Crippen LogP contribution in [-0.2, 0) is 29.6 Å². The van der Waals surface area contributed by atoms with Gasteiger partial charge in [0.15, 0.2) is 0 Å². The van der Waals surface area contributed by atoms with Gasteiger partial charge in [0.1, 0.15) is 19.3 Å². The second kappa shape index (κ2) is 13.7. The first-order chi connectivity index (χ1) is 14.9. The van der Waals surface area contributed by atoms with Gasteiger partial charge in [-0.3, -0.25) is 18.6 Å². The van der Waals surface area contributed by atoms with Crippen LogP contribution >= 0.6 is 7.82 Å². The predicted octanol–water partition coefficient (Wildman–Crippen LogP) is 0.797. The van der Waals surface area contributed by atoms with Crippen molar-refractivity contribution in [3.8, 4) is 0 Å². The maximum atomic E-state index is 12.3. The summed E-state index contributed by atoms with van der Waals surface area (Å²) >= 11 is 0. The highest BCUT2D eigenvalue weighted by molar-refractivity contribution is 7.47. The number of quaternary nitrogens is 1. The number of phosphoric acid groups is 1. The average molecular weight is 474 g/mol. The second-order valence-electron chi connectivity index (χ2n) is 8.72. The van der Waals surface area contributed by atoms with Gasteiger partial charge in [0.25, 0.3) is 0 Å². The summed E-state index contributed by atoms with van der Waals surface area (Å²) in [5, 5.41) is 5.23. The first-order valence-electron chi connectivity index (χ1n) is 10.7. The molecule has 0 saturated heterocycles. The van der Waals surface area contributed by atoms with E-state index in [1.807, 2.05) is 51.5 Å². The molecule has 32 heavy (non-hydrogen) atoms. The van der Waals surface area contributed by atoms with Crippen molar-refractivity contribution < 1.29 is 32.6 Å². The van der Waals surface area contributed by atoms with Crippen molar-refractivity contribution >= 4 is 19.6 Å². The third-order valence-corrected chi connectivity index (χ3v) is 5.53. The highest BCUT2D eigenvalue weighted by atomic mass is 31.2. The Morgan fingerprint density at radius 2 is 1.78 bits per heavy atom. The number of phosphoric ester groups is 1. The monoisotopic (exact) mass is 473 g/mol. The highest BCUT2D eigenvalue weighted by Gasteiger charge is 2.28. The number of amides is 2. The van der Waals surface area contributed by atoms with E-state index in [1.165, 1.54) is 6.92 Å². The summed E-state index contributed by atoms with van der Waals surface area (Å²) < 4.78 is 23.1. The van der Waals surface area contributed by atoms with Crippen molar-refractivity contribution in [2.24, 2.45) is 5.73 Å². The summed E-state index contributed by atoms with van der Waals surface area (Å²) in [6.07, 6.45) is 0.765. The third kappa shape index (κ3) is 13.6. The van der Waals surface area contributed by atoms with Crippen molar-refractivity contribution in [2.75, 3.05) is 47.4 Å². The van der Waals surface area contributed by atoms with Crippen LogP contribution in [0.5, 0.6) is 0 Å². The van der Waals surface area contributed by atoms with Crippen LogP contribution in [0.1, 0.15) is 25.3 Å². The van der Waals surface area contributed by atoms with Gasteiger partial charge in [0.2, 0.25) is 11.8 Å². The lowest BCUT2D eigenvalue weighted by Gasteiger charge is -2.25. The van der Waals surface area contributed by atoms with Crippen molar-refractivity contribution in [2.45, 2.75) is 38.3 Å². The molecule has 3 atom stereocenters. The Morgan fingerprint density at radius 3 is 2.38 bits per heavy atom. The molecule has 0 heterocycles. The van der Waals surface area contributed by atoms with E-state index < -0.39 is 25.9 Å².